The highest BCUT2D eigenvalue weighted by Gasteiger charge is 2.12. The van der Waals surface area contributed by atoms with Gasteiger partial charge in [0.1, 0.15) is 5.82 Å². The molecule has 0 fully saturated rings. The second kappa shape index (κ2) is 7.04. The minimum absolute atomic E-state index is 0.235. The van der Waals surface area contributed by atoms with Gasteiger partial charge in [0.25, 0.3) is 5.56 Å². The molecule has 1 aromatic heterocycles. The highest BCUT2D eigenvalue weighted by molar-refractivity contribution is 5.70. The van der Waals surface area contributed by atoms with Crippen LogP contribution in [0.25, 0.3) is 0 Å². The zero-order chi connectivity index (χ0) is 14.4. The van der Waals surface area contributed by atoms with Gasteiger partial charge in [0.15, 0.2) is 0 Å². The highest BCUT2D eigenvalue weighted by Crippen LogP contribution is 2.02. The number of aromatic amines is 1. The van der Waals surface area contributed by atoms with Crippen LogP contribution in [0.5, 0.6) is 0 Å². The smallest absolute Gasteiger partial charge is 0.308 e. The normalized spacial score (nSPS) is 10.9. The molecule has 0 saturated heterocycles. The molecule has 0 unspecified atom stereocenters. The Hall–Kier alpha value is -1.69. The molecular formula is C13H21N3O3. The van der Waals surface area contributed by atoms with Crippen molar-refractivity contribution in [1.82, 2.24) is 14.9 Å². The van der Waals surface area contributed by atoms with Gasteiger partial charge in [0, 0.05) is 24.2 Å². The second-order valence-corrected chi connectivity index (χ2v) is 4.42. The van der Waals surface area contributed by atoms with Gasteiger partial charge in [-0.25, -0.2) is 4.98 Å². The molecule has 6 heteroatoms. The fourth-order valence-corrected chi connectivity index (χ4v) is 1.95. The van der Waals surface area contributed by atoms with Gasteiger partial charge in [0.05, 0.1) is 6.42 Å². The van der Waals surface area contributed by atoms with Crippen molar-refractivity contribution in [3.63, 3.8) is 0 Å². The third-order valence-electron chi connectivity index (χ3n) is 3.16. The van der Waals surface area contributed by atoms with Crippen LogP contribution < -0.4 is 5.56 Å². The Bertz CT molecular complexity index is 492. The predicted octanol–water partition coefficient (Wildman–Crippen LogP) is 0.590. The van der Waals surface area contributed by atoms with E-state index in [1.54, 1.807) is 6.92 Å². The average Bonchev–Trinajstić information content (AvgIpc) is 2.35. The van der Waals surface area contributed by atoms with Crippen LogP contribution in [0.15, 0.2) is 4.79 Å². The monoisotopic (exact) mass is 267 g/mol. The van der Waals surface area contributed by atoms with Crippen LogP contribution >= 0.6 is 0 Å². The fraction of sp³-hybridized carbons (Fsp3) is 0.615. The summed E-state index contributed by atoms with van der Waals surface area (Å²) in [5.74, 6) is -0.408. The summed E-state index contributed by atoms with van der Waals surface area (Å²) in [6, 6.07) is 0. The highest BCUT2D eigenvalue weighted by atomic mass is 16.4. The Morgan fingerprint density at radius 3 is 2.47 bits per heavy atom. The molecule has 0 atom stereocenters. The molecule has 0 aromatic carbocycles. The molecule has 0 radical (unpaired) electrons. The Balaban J connectivity index is 2.83. The SMILES string of the molecule is CCN(CC)CCc1nc(C)c(CC(=O)O)c(=O)[nH]1. The number of aliphatic carboxylic acids is 1. The number of hydrogen-bond acceptors (Lipinski definition) is 4. The fourth-order valence-electron chi connectivity index (χ4n) is 1.95. The number of carbonyl (C=O) groups is 1. The maximum atomic E-state index is 11.8. The van der Waals surface area contributed by atoms with Crippen LogP contribution in [0.4, 0.5) is 0 Å². The molecule has 0 amide bonds. The molecule has 0 aliphatic carbocycles. The van der Waals surface area contributed by atoms with Crippen molar-refractivity contribution in [2.45, 2.75) is 33.6 Å². The number of carboxylic acid groups (broad SMARTS) is 1. The van der Waals surface area contributed by atoms with Crippen molar-refractivity contribution in [3.8, 4) is 0 Å². The first-order chi connectivity index (χ1) is 8.97. The zero-order valence-electron chi connectivity index (χ0n) is 11.7. The Kier molecular flexibility index (Phi) is 5.69. The lowest BCUT2D eigenvalue weighted by molar-refractivity contribution is -0.136. The summed E-state index contributed by atoms with van der Waals surface area (Å²) < 4.78 is 0. The quantitative estimate of drug-likeness (QED) is 0.755. The van der Waals surface area contributed by atoms with Crippen molar-refractivity contribution in [2.75, 3.05) is 19.6 Å². The summed E-state index contributed by atoms with van der Waals surface area (Å²) in [4.78, 5) is 31.7. The molecule has 1 aromatic rings. The van der Waals surface area contributed by atoms with Crippen LogP contribution in [-0.4, -0.2) is 45.6 Å². The minimum Gasteiger partial charge on any atom is -0.481 e. The largest absolute Gasteiger partial charge is 0.481 e. The van der Waals surface area contributed by atoms with E-state index in [0.29, 0.717) is 17.9 Å². The van der Waals surface area contributed by atoms with Crippen molar-refractivity contribution in [1.29, 1.82) is 0 Å². The van der Waals surface area contributed by atoms with E-state index in [1.165, 1.54) is 0 Å². The molecule has 0 aliphatic rings. The van der Waals surface area contributed by atoms with Crippen molar-refractivity contribution in [2.24, 2.45) is 0 Å². The maximum absolute atomic E-state index is 11.8. The first-order valence-electron chi connectivity index (χ1n) is 6.50. The van der Waals surface area contributed by atoms with Crippen LogP contribution in [0, 0.1) is 6.92 Å². The Morgan fingerprint density at radius 1 is 1.37 bits per heavy atom. The van der Waals surface area contributed by atoms with E-state index >= 15 is 0 Å². The van der Waals surface area contributed by atoms with Gasteiger partial charge in [-0.3, -0.25) is 9.59 Å². The van der Waals surface area contributed by atoms with E-state index in [0.717, 1.165) is 19.6 Å². The van der Waals surface area contributed by atoms with E-state index in [1.807, 2.05) is 0 Å². The van der Waals surface area contributed by atoms with Gasteiger partial charge in [-0.05, 0) is 20.0 Å². The first kappa shape index (κ1) is 15.4. The summed E-state index contributed by atoms with van der Waals surface area (Å²) in [6.45, 7) is 8.58. The van der Waals surface area contributed by atoms with E-state index in [9.17, 15) is 9.59 Å². The lowest BCUT2D eigenvalue weighted by Crippen LogP contribution is -2.27. The number of nitrogens with one attached hydrogen (secondary N) is 1. The lowest BCUT2D eigenvalue weighted by Gasteiger charge is -2.17. The Labute approximate surface area is 112 Å². The van der Waals surface area contributed by atoms with E-state index in [-0.39, 0.29) is 17.5 Å². The predicted molar refractivity (Wildman–Crippen MR) is 72.4 cm³/mol. The van der Waals surface area contributed by atoms with Gasteiger partial charge in [-0.15, -0.1) is 0 Å². The third kappa shape index (κ3) is 4.48. The van der Waals surface area contributed by atoms with E-state index < -0.39 is 5.97 Å². The van der Waals surface area contributed by atoms with Crippen molar-refractivity contribution >= 4 is 5.97 Å². The van der Waals surface area contributed by atoms with Crippen LogP contribution in [0.3, 0.4) is 0 Å². The van der Waals surface area contributed by atoms with Gasteiger partial charge in [0.2, 0.25) is 0 Å². The molecular weight excluding hydrogens is 246 g/mol. The third-order valence-corrected chi connectivity index (χ3v) is 3.16. The molecule has 0 aliphatic heterocycles. The van der Waals surface area contributed by atoms with Gasteiger partial charge in [-0.1, -0.05) is 13.8 Å². The molecule has 6 nitrogen and oxygen atoms in total. The zero-order valence-corrected chi connectivity index (χ0v) is 11.7. The summed E-state index contributed by atoms with van der Waals surface area (Å²) in [5, 5.41) is 8.74. The van der Waals surface area contributed by atoms with Crippen LogP contribution in [-0.2, 0) is 17.6 Å². The number of likely N-dealkylation sites (N-methyl/N-ethyl adjacent to an activating group) is 1. The molecule has 0 spiro atoms. The molecule has 1 heterocycles. The first-order valence-corrected chi connectivity index (χ1v) is 6.50. The lowest BCUT2D eigenvalue weighted by atomic mass is 10.1. The summed E-state index contributed by atoms with van der Waals surface area (Å²) in [5.41, 5.74) is 0.393. The van der Waals surface area contributed by atoms with Gasteiger partial charge >= 0.3 is 5.97 Å². The molecule has 19 heavy (non-hydrogen) atoms. The van der Waals surface area contributed by atoms with Crippen LogP contribution in [0.1, 0.15) is 30.9 Å². The molecule has 1 rings (SSSR count). The number of carboxylic acids is 1. The molecule has 0 saturated carbocycles. The summed E-state index contributed by atoms with van der Waals surface area (Å²) in [6.07, 6.45) is 0.371. The second-order valence-electron chi connectivity index (χ2n) is 4.42. The number of nitrogens with zero attached hydrogens (tertiary/aromatic N) is 2. The number of hydrogen-bond donors (Lipinski definition) is 2. The molecule has 2 N–H and O–H groups in total. The number of aromatic nitrogens is 2. The molecule has 106 valence electrons. The molecule has 0 bridgehead atoms. The number of H-pyrrole nitrogens is 1. The maximum Gasteiger partial charge on any atom is 0.308 e. The topological polar surface area (TPSA) is 86.3 Å². The number of rotatable bonds is 7. The van der Waals surface area contributed by atoms with Crippen molar-refractivity contribution in [3.05, 3.63) is 27.4 Å². The van der Waals surface area contributed by atoms with E-state index in [4.69, 9.17) is 5.11 Å². The van der Waals surface area contributed by atoms with E-state index in [2.05, 4.69) is 28.7 Å². The number of aryl methyl sites for hydroxylation is 1. The van der Waals surface area contributed by atoms with Crippen LogP contribution in [0.2, 0.25) is 0 Å². The van der Waals surface area contributed by atoms with Gasteiger partial charge < -0.3 is 15.0 Å². The Morgan fingerprint density at radius 2 is 2.00 bits per heavy atom. The summed E-state index contributed by atoms with van der Waals surface area (Å²) >= 11 is 0. The average molecular weight is 267 g/mol. The standard InChI is InChI=1S/C13H21N3O3/c1-4-16(5-2)7-6-11-14-9(3)10(8-12(17)18)13(19)15-11/h4-8H2,1-3H3,(H,17,18)(H,14,15,19). The van der Waals surface area contributed by atoms with Crippen molar-refractivity contribution < 1.29 is 9.90 Å². The minimum atomic E-state index is -1.02. The summed E-state index contributed by atoms with van der Waals surface area (Å²) in [7, 11) is 0. The van der Waals surface area contributed by atoms with Gasteiger partial charge in [-0.2, -0.15) is 0 Å².